The molecule has 0 aliphatic carbocycles. The van der Waals surface area contributed by atoms with E-state index in [9.17, 15) is 9.59 Å². The number of aliphatic hydroxyl groups excluding tert-OH is 1. The maximum atomic E-state index is 10.3. The zero-order chi connectivity index (χ0) is 7.44. The van der Waals surface area contributed by atoms with Crippen molar-refractivity contribution < 1.29 is 14.7 Å². The number of rotatable bonds is 3. The lowest BCUT2D eigenvalue weighted by atomic mass is 10.2. The van der Waals surface area contributed by atoms with E-state index in [2.05, 4.69) is 5.73 Å². The number of hydrogen-bond donors (Lipinski definition) is 2. The van der Waals surface area contributed by atoms with Crippen LogP contribution in [0.4, 0.5) is 0 Å². The van der Waals surface area contributed by atoms with Crippen LogP contribution in [0, 0.1) is 0 Å². The molecule has 0 aromatic heterocycles. The summed E-state index contributed by atoms with van der Waals surface area (Å²) in [5, 5.41) is 8.54. The molecule has 1 atom stereocenters. The topological polar surface area (TPSA) is 80.4 Å². The van der Waals surface area contributed by atoms with Crippen molar-refractivity contribution >= 4 is 11.7 Å². The van der Waals surface area contributed by atoms with Crippen LogP contribution >= 0.6 is 0 Å². The van der Waals surface area contributed by atoms with Crippen molar-refractivity contribution in [1.82, 2.24) is 0 Å². The smallest absolute Gasteiger partial charge is 0.284 e. The van der Waals surface area contributed by atoms with E-state index in [1.807, 2.05) is 0 Å². The molecule has 3 N–H and O–H groups in total. The summed E-state index contributed by atoms with van der Waals surface area (Å²) in [5.41, 5.74) is 4.58. The van der Waals surface area contributed by atoms with Crippen LogP contribution in [-0.4, -0.2) is 22.9 Å². The molecule has 0 spiro atoms. The van der Waals surface area contributed by atoms with E-state index in [0.717, 1.165) is 0 Å². The lowest BCUT2D eigenvalue weighted by Gasteiger charge is -1.97. The van der Waals surface area contributed by atoms with E-state index in [0.29, 0.717) is 0 Å². The molecule has 0 aliphatic heterocycles. The quantitative estimate of drug-likeness (QED) is 0.472. The van der Waals surface area contributed by atoms with Crippen molar-refractivity contribution in [3.63, 3.8) is 0 Å². The number of ketones is 1. The molecule has 0 fully saturated rings. The van der Waals surface area contributed by atoms with Gasteiger partial charge >= 0.3 is 0 Å². The monoisotopic (exact) mass is 131 g/mol. The second-order valence-electron chi connectivity index (χ2n) is 1.84. The summed E-state index contributed by atoms with van der Waals surface area (Å²) in [4.78, 5) is 20.3. The molecular weight excluding hydrogens is 122 g/mol. The highest BCUT2D eigenvalue weighted by Gasteiger charge is 2.10. The number of carbonyl (C=O) groups is 2. The Morgan fingerprint density at radius 2 is 2.11 bits per heavy atom. The summed E-state index contributed by atoms with van der Waals surface area (Å²) in [6.45, 7) is 1.42. The Kier molecular flexibility index (Phi) is 2.87. The minimum atomic E-state index is -0.990. The Morgan fingerprint density at radius 3 is 2.22 bits per heavy atom. The number of nitrogens with two attached hydrogens (primary N) is 1. The van der Waals surface area contributed by atoms with Crippen molar-refractivity contribution in [2.24, 2.45) is 5.73 Å². The second-order valence-corrected chi connectivity index (χ2v) is 1.84. The van der Waals surface area contributed by atoms with E-state index in [1.165, 1.54) is 6.92 Å². The fraction of sp³-hybridized carbons (Fsp3) is 0.600. The zero-order valence-corrected chi connectivity index (χ0v) is 5.13. The van der Waals surface area contributed by atoms with Gasteiger partial charge in [0.1, 0.15) is 0 Å². The predicted octanol–water partition coefficient (Wildman–Crippen LogP) is -1.19. The SMILES string of the molecule is CC(O)CC(=O)C(N)=O. The molecule has 4 nitrogen and oxygen atoms in total. The van der Waals surface area contributed by atoms with Crippen molar-refractivity contribution in [2.75, 3.05) is 0 Å². The molecule has 4 heteroatoms. The van der Waals surface area contributed by atoms with Crippen LogP contribution in [-0.2, 0) is 9.59 Å². The third-order valence-electron chi connectivity index (χ3n) is 0.756. The average Bonchev–Trinajstić information content (AvgIpc) is 1.63. The van der Waals surface area contributed by atoms with Gasteiger partial charge in [-0.15, -0.1) is 0 Å². The highest BCUT2D eigenvalue weighted by Crippen LogP contribution is 1.88. The Bertz CT molecular complexity index is 130. The van der Waals surface area contributed by atoms with Gasteiger partial charge in [-0.05, 0) is 6.92 Å². The van der Waals surface area contributed by atoms with E-state index < -0.39 is 17.8 Å². The lowest BCUT2D eigenvalue weighted by Crippen LogP contribution is -2.25. The van der Waals surface area contributed by atoms with Gasteiger partial charge in [-0.3, -0.25) is 9.59 Å². The summed E-state index contributed by atoms with van der Waals surface area (Å²) >= 11 is 0. The van der Waals surface area contributed by atoms with E-state index in [-0.39, 0.29) is 6.42 Å². The zero-order valence-electron chi connectivity index (χ0n) is 5.13. The maximum Gasteiger partial charge on any atom is 0.284 e. The third kappa shape index (κ3) is 3.66. The molecule has 0 radical (unpaired) electrons. The first-order valence-corrected chi connectivity index (χ1v) is 2.54. The number of aliphatic hydroxyl groups is 1. The van der Waals surface area contributed by atoms with Crippen molar-refractivity contribution in [2.45, 2.75) is 19.4 Å². The Labute approximate surface area is 52.7 Å². The Morgan fingerprint density at radius 1 is 1.67 bits per heavy atom. The standard InChI is InChI=1S/C5H9NO3/c1-3(7)2-4(8)5(6)9/h3,7H,2H2,1H3,(H2,6,9). The van der Waals surface area contributed by atoms with Gasteiger partial charge in [0.05, 0.1) is 6.10 Å². The molecule has 0 aromatic rings. The van der Waals surface area contributed by atoms with Crippen molar-refractivity contribution in [3.05, 3.63) is 0 Å². The first-order chi connectivity index (χ1) is 4.04. The van der Waals surface area contributed by atoms with Gasteiger partial charge in [-0.25, -0.2) is 0 Å². The number of primary amides is 1. The van der Waals surface area contributed by atoms with Gasteiger partial charge in [-0.1, -0.05) is 0 Å². The summed E-state index contributed by atoms with van der Waals surface area (Å²) < 4.78 is 0. The number of hydrogen-bond acceptors (Lipinski definition) is 3. The fourth-order valence-corrected chi connectivity index (χ4v) is 0.369. The van der Waals surface area contributed by atoms with Crippen LogP contribution in [0.15, 0.2) is 0 Å². The summed E-state index contributed by atoms with van der Waals surface area (Å²) in [5.74, 6) is -1.72. The summed E-state index contributed by atoms with van der Waals surface area (Å²) in [6.07, 6.45) is -0.972. The molecule has 0 heterocycles. The van der Waals surface area contributed by atoms with E-state index >= 15 is 0 Å². The highest BCUT2D eigenvalue weighted by molar-refractivity contribution is 6.35. The van der Waals surface area contributed by atoms with Crippen LogP contribution in [0.2, 0.25) is 0 Å². The molecule has 0 aliphatic rings. The van der Waals surface area contributed by atoms with Gasteiger partial charge in [0.25, 0.3) is 5.91 Å². The van der Waals surface area contributed by atoms with Gasteiger partial charge in [0, 0.05) is 6.42 Å². The van der Waals surface area contributed by atoms with Crippen molar-refractivity contribution in [1.29, 1.82) is 0 Å². The van der Waals surface area contributed by atoms with Crippen LogP contribution in [0.3, 0.4) is 0 Å². The molecule has 52 valence electrons. The van der Waals surface area contributed by atoms with Crippen LogP contribution in [0.25, 0.3) is 0 Å². The minimum absolute atomic E-state index is 0.185. The molecule has 1 unspecified atom stereocenters. The molecular formula is C5H9NO3. The minimum Gasteiger partial charge on any atom is -0.393 e. The molecule has 1 amide bonds. The summed E-state index contributed by atoms with van der Waals surface area (Å²) in [7, 11) is 0. The molecule has 0 bridgehead atoms. The van der Waals surface area contributed by atoms with E-state index in [1.54, 1.807) is 0 Å². The van der Waals surface area contributed by atoms with Crippen molar-refractivity contribution in [3.8, 4) is 0 Å². The van der Waals surface area contributed by atoms with Crippen LogP contribution in [0.1, 0.15) is 13.3 Å². The molecule has 0 rings (SSSR count). The largest absolute Gasteiger partial charge is 0.393 e. The average molecular weight is 131 g/mol. The summed E-state index contributed by atoms with van der Waals surface area (Å²) in [6, 6.07) is 0. The number of Topliss-reactive ketones (excluding diaryl/α,β-unsaturated/α-hetero) is 1. The lowest BCUT2D eigenvalue weighted by molar-refractivity contribution is -0.137. The van der Waals surface area contributed by atoms with Gasteiger partial charge in [0.15, 0.2) is 0 Å². The highest BCUT2D eigenvalue weighted by atomic mass is 16.3. The second kappa shape index (κ2) is 3.19. The number of carbonyl (C=O) groups excluding carboxylic acids is 2. The van der Waals surface area contributed by atoms with Gasteiger partial charge < -0.3 is 10.8 Å². The van der Waals surface area contributed by atoms with Crippen LogP contribution in [0.5, 0.6) is 0 Å². The van der Waals surface area contributed by atoms with Gasteiger partial charge in [-0.2, -0.15) is 0 Å². The maximum absolute atomic E-state index is 10.3. The first-order valence-electron chi connectivity index (χ1n) is 2.54. The Hall–Kier alpha value is -0.900. The normalized spacial score (nSPS) is 12.7. The van der Waals surface area contributed by atoms with Crippen LogP contribution < -0.4 is 5.73 Å². The molecule has 9 heavy (non-hydrogen) atoms. The molecule has 0 saturated carbocycles. The molecule has 0 saturated heterocycles. The number of amides is 1. The first kappa shape index (κ1) is 8.10. The third-order valence-corrected chi connectivity index (χ3v) is 0.756. The molecule has 0 aromatic carbocycles. The Balaban J connectivity index is 3.65. The van der Waals surface area contributed by atoms with E-state index in [4.69, 9.17) is 5.11 Å². The van der Waals surface area contributed by atoms with Gasteiger partial charge in [0.2, 0.25) is 5.78 Å². The fourth-order valence-electron chi connectivity index (χ4n) is 0.369. The predicted molar refractivity (Wildman–Crippen MR) is 30.5 cm³/mol.